The van der Waals surface area contributed by atoms with Crippen molar-refractivity contribution in [3.8, 4) is 11.5 Å². The van der Waals surface area contributed by atoms with Crippen LogP contribution in [0.15, 0.2) is 58.2 Å². The molecule has 3 rings (SSSR count). The number of rotatable bonds is 6. The number of carbonyl (C=O) groups is 1. The fourth-order valence-electron chi connectivity index (χ4n) is 2.49. The number of halogens is 2. The van der Waals surface area contributed by atoms with Crippen LogP contribution in [0.1, 0.15) is 12.5 Å². The van der Waals surface area contributed by atoms with Crippen molar-refractivity contribution < 1.29 is 13.6 Å². The fourth-order valence-corrected chi connectivity index (χ4v) is 3.48. The van der Waals surface area contributed by atoms with E-state index in [9.17, 15) is 9.18 Å². The van der Waals surface area contributed by atoms with Gasteiger partial charge < -0.3 is 9.32 Å². The number of nitrogens with zero attached hydrogens (tertiary/aromatic N) is 3. The summed E-state index contributed by atoms with van der Waals surface area (Å²) >= 11 is 7.14. The molecule has 8 heteroatoms. The monoisotopic (exact) mass is 405 g/mol. The standard InChI is InChI=1S/C19H17ClFN3O2S/c1-12(18(25)24(2)11-13-5-3-8-16(21)9-13)27-19-23-22-17(26-19)14-6-4-7-15(20)10-14/h3-10,12H,11H2,1-2H3/t12-/m0/s1. The van der Waals surface area contributed by atoms with Gasteiger partial charge in [-0.3, -0.25) is 4.79 Å². The second-order valence-electron chi connectivity index (χ2n) is 5.97. The molecule has 0 aliphatic rings. The second kappa shape index (κ2) is 8.54. The number of amides is 1. The van der Waals surface area contributed by atoms with Gasteiger partial charge >= 0.3 is 0 Å². The van der Waals surface area contributed by atoms with Gasteiger partial charge in [0.05, 0.1) is 5.25 Å². The van der Waals surface area contributed by atoms with Crippen LogP contribution >= 0.6 is 23.4 Å². The molecule has 1 amide bonds. The Balaban J connectivity index is 1.62. The third-order valence-corrected chi connectivity index (χ3v) is 4.95. The van der Waals surface area contributed by atoms with Crippen molar-refractivity contribution in [2.45, 2.75) is 23.9 Å². The van der Waals surface area contributed by atoms with E-state index in [-0.39, 0.29) is 11.7 Å². The Morgan fingerprint density at radius 3 is 2.78 bits per heavy atom. The van der Waals surface area contributed by atoms with Crippen LogP contribution in [0.5, 0.6) is 0 Å². The molecule has 1 aromatic heterocycles. The molecular formula is C19H17ClFN3O2S. The highest BCUT2D eigenvalue weighted by Crippen LogP contribution is 2.28. The number of benzene rings is 2. The summed E-state index contributed by atoms with van der Waals surface area (Å²) in [6.45, 7) is 2.08. The lowest BCUT2D eigenvalue weighted by atomic mass is 10.2. The summed E-state index contributed by atoms with van der Waals surface area (Å²) in [7, 11) is 1.68. The largest absolute Gasteiger partial charge is 0.411 e. The average molecular weight is 406 g/mol. The Morgan fingerprint density at radius 1 is 1.26 bits per heavy atom. The maximum absolute atomic E-state index is 13.3. The van der Waals surface area contributed by atoms with E-state index in [1.807, 2.05) is 6.07 Å². The maximum atomic E-state index is 13.3. The minimum Gasteiger partial charge on any atom is -0.411 e. The van der Waals surface area contributed by atoms with Crippen molar-refractivity contribution in [1.29, 1.82) is 0 Å². The zero-order chi connectivity index (χ0) is 19.4. The van der Waals surface area contributed by atoms with E-state index in [0.29, 0.717) is 28.2 Å². The van der Waals surface area contributed by atoms with Crippen LogP contribution in [0.25, 0.3) is 11.5 Å². The molecule has 2 aromatic carbocycles. The summed E-state index contributed by atoms with van der Waals surface area (Å²) in [4.78, 5) is 14.1. The average Bonchev–Trinajstić information content (AvgIpc) is 3.09. The summed E-state index contributed by atoms with van der Waals surface area (Å²) in [5.41, 5.74) is 1.44. The predicted molar refractivity (Wildman–Crippen MR) is 103 cm³/mol. The number of thioether (sulfide) groups is 1. The lowest BCUT2D eigenvalue weighted by Crippen LogP contribution is -2.32. The van der Waals surface area contributed by atoms with E-state index in [1.54, 1.807) is 49.2 Å². The summed E-state index contributed by atoms with van der Waals surface area (Å²) < 4.78 is 18.9. The van der Waals surface area contributed by atoms with Crippen molar-refractivity contribution in [3.05, 3.63) is 64.9 Å². The van der Waals surface area contributed by atoms with Gasteiger partial charge in [-0.2, -0.15) is 0 Å². The van der Waals surface area contributed by atoms with Gasteiger partial charge in [-0.1, -0.05) is 41.6 Å². The number of carbonyl (C=O) groups excluding carboxylic acids is 1. The summed E-state index contributed by atoms with van der Waals surface area (Å²) in [5, 5.41) is 8.42. The van der Waals surface area contributed by atoms with Crippen LogP contribution in [0.2, 0.25) is 5.02 Å². The molecule has 0 aliphatic heterocycles. The predicted octanol–water partition coefficient (Wildman–Crippen LogP) is 4.67. The first-order valence-corrected chi connectivity index (χ1v) is 9.43. The molecule has 0 saturated heterocycles. The van der Waals surface area contributed by atoms with E-state index >= 15 is 0 Å². The first kappa shape index (κ1) is 19.4. The third kappa shape index (κ3) is 5.08. The van der Waals surface area contributed by atoms with Crippen LogP contribution in [-0.2, 0) is 11.3 Å². The normalized spacial score (nSPS) is 12.0. The molecule has 0 spiro atoms. The van der Waals surface area contributed by atoms with E-state index in [2.05, 4.69) is 10.2 Å². The molecule has 0 aliphatic carbocycles. The molecule has 3 aromatic rings. The van der Waals surface area contributed by atoms with Gasteiger partial charge in [0.2, 0.25) is 11.8 Å². The Bertz CT molecular complexity index is 950. The SMILES string of the molecule is C[C@H](Sc1nnc(-c2cccc(Cl)c2)o1)C(=O)N(C)Cc1cccc(F)c1. The highest BCUT2D eigenvalue weighted by molar-refractivity contribution is 8.00. The lowest BCUT2D eigenvalue weighted by molar-refractivity contribution is -0.129. The van der Waals surface area contributed by atoms with Crippen LogP contribution in [0.4, 0.5) is 4.39 Å². The Hall–Kier alpha value is -2.38. The maximum Gasteiger partial charge on any atom is 0.277 e. The minimum absolute atomic E-state index is 0.119. The number of hydrogen-bond acceptors (Lipinski definition) is 5. The Morgan fingerprint density at radius 2 is 2.04 bits per heavy atom. The van der Waals surface area contributed by atoms with Gasteiger partial charge in [0.25, 0.3) is 5.22 Å². The third-order valence-electron chi connectivity index (χ3n) is 3.79. The van der Waals surface area contributed by atoms with Crippen molar-refractivity contribution in [2.75, 3.05) is 7.05 Å². The highest BCUT2D eigenvalue weighted by Gasteiger charge is 2.22. The zero-order valence-electron chi connectivity index (χ0n) is 14.7. The quantitative estimate of drug-likeness (QED) is 0.558. The van der Waals surface area contributed by atoms with Gasteiger partial charge in [0, 0.05) is 24.2 Å². The minimum atomic E-state index is -0.434. The molecule has 1 atom stereocenters. The number of hydrogen-bond donors (Lipinski definition) is 0. The van der Waals surface area contributed by atoms with Gasteiger partial charge in [-0.25, -0.2) is 4.39 Å². The molecule has 140 valence electrons. The molecule has 5 nitrogen and oxygen atoms in total. The van der Waals surface area contributed by atoms with E-state index in [0.717, 1.165) is 5.56 Å². The first-order chi connectivity index (χ1) is 12.9. The van der Waals surface area contributed by atoms with Gasteiger partial charge in [0.1, 0.15) is 5.82 Å². The van der Waals surface area contributed by atoms with Crippen LogP contribution < -0.4 is 0 Å². The highest BCUT2D eigenvalue weighted by atomic mass is 35.5. The fraction of sp³-hybridized carbons (Fsp3) is 0.211. The second-order valence-corrected chi connectivity index (χ2v) is 7.70. The van der Waals surface area contributed by atoms with Gasteiger partial charge in [0.15, 0.2) is 0 Å². The van der Waals surface area contributed by atoms with Crippen molar-refractivity contribution >= 4 is 29.3 Å². The van der Waals surface area contributed by atoms with Crippen molar-refractivity contribution in [1.82, 2.24) is 15.1 Å². The molecule has 0 saturated carbocycles. The Kier molecular flexibility index (Phi) is 6.13. The molecule has 1 heterocycles. The molecule has 0 bridgehead atoms. The Labute approximate surface area is 165 Å². The molecule has 0 radical (unpaired) electrons. The topological polar surface area (TPSA) is 59.2 Å². The van der Waals surface area contributed by atoms with Gasteiger partial charge in [-0.15, -0.1) is 10.2 Å². The smallest absolute Gasteiger partial charge is 0.277 e. The van der Waals surface area contributed by atoms with Crippen LogP contribution in [0, 0.1) is 5.82 Å². The summed E-state index contributed by atoms with van der Waals surface area (Å²) in [5.74, 6) is -0.102. The zero-order valence-corrected chi connectivity index (χ0v) is 16.3. The van der Waals surface area contributed by atoms with Crippen molar-refractivity contribution in [3.63, 3.8) is 0 Å². The molecule has 27 heavy (non-hydrogen) atoms. The molecule has 0 unspecified atom stereocenters. The summed E-state index contributed by atoms with van der Waals surface area (Å²) in [6.07, 6.45) is 0. The van der Waals surface area contributed by atoms with Crippen molar-refractivity contribution in [2.24, 2.45) is 0 Å². The van der Waals surface area contributed by atoms with E-state index in [4.69, 9.17) is 16.0 Å². The van der Waals surface area contributed by atoms with Gasteiger partial charge in [-0.05, 0) is 42.8 Å². The van der Waals surface area contributed by atoms with E-state index in [1.165, 1.54) is 23.9 Å². The molecule has 0 fully saturated rings. The molecular weight excluding hydrogens is 389 g/mol. The van der Waals surface area contributed by atoms with Crippen LogP contribution in [0.3, 0.4) is 0 Å². The molecule has 0 N–H and O–H groups in total. The summed E-state index contributed by atoms with van der Waals surface area (Å²) in [6, 6.07) is 13.3. The lowest BCUT2D eigenvalue weighted by Gasteiger charge is -2.20. The van der Waals surface area contributed by atoms with Crippen LogP contribution in [-0.4, -0.2) is 33.3 Å². The van der Waals surface area contributed by atoms with E-state index < -0.39 is 5.25 Å². The number of aromatic nitrogens is 2. The first-order valence-electron chi connectivity index (χ1n) is 8.18.